The smallest absolute Gasteiger partial charge is 0.419 e. The Morgan fingerprint density at radius 2 is 1.97 bits per heavy atom. The number of aromatic nitrogens is 2. The molecule has 1 aromatic heterocycles. The van der Waals surface area contributed by atoms with Gasteiger partial charge in [0.2, 0.25) is 0 Å². The standard InChI is InChI=1S/C24H29F4N5O2/c1-13(15-7-6-8-17(18(15)25)24(26,27)28)30-20-16-11-29-23(19(16)31-14(2)32-20)9-10-33(12-23)21(34)35-22(3,4)5/h6-8,13,29H,9-12H2,1-5H3,(H,30,31,32)/t13-,23?/m1/s1. The number of fused-ring (bicyclic) bond motifs is 2. The summed E-state index contributed by atoms with van der Waals surface area (Å²) in [5.41, 5.74) is -1.13. The first-order valence-corrected chi connectivity index (χ1v) is 11.4. The number of carbonyl (C=O) groups is 1. The van der Waals surface area contributed by atoms with Crippen molar-refractivity contribution in [1.29, 1.82) is 0 Å². The lowest BCUT2D eigenvalue weighted by atomic mass is 9.94. The third-order valence-corrected chi connectivity index (χ3v) is 6.25. The van der Waals surface area contributed by atoms with Crippen molar-refractivity contribution in [2.24, 2.45) is 0 Å². The molecule has 7 nitrogen and oxygen atoms in total. The number of halogens is 4. The Kier molecular flexibility index (Phi) is 6.19. The number of carbonyl (C=O) groups excluding carboxylic acids is 1. The molecule has 11 heteroatoms. The van der Waals surface area contributed by atoms with E-state index < -0.39 is 40.8 Å². The molecule has 1 fully saturated rings. The molecule has 2 N–H and O–H groups in total. The van der Waals surface area contributed by atoms with Crippen LogP contribution in [0.4, 0.5) is 28.2 Å². The second kappa shape index (κ2) is 8.61. The highest BCUT2D eigenvalue weighted by Gasteiger charge is 2.48. The molecular weight excluding hydrogens is 466 g/mol. The summed E-state index contributed by atoms with van der Waals surface area (Å²) >= 11 is 0. The Balaban J connectivity index is 1.60. The van der Waals surface area contributed by atoms with Crippen LogP contribution in [-0.4, -0.2) is 39.7 Å². The third-order valence-electron chi connectivity index (χ3n) is 6.25. The van der Waals surface area contributed by atoms with Gasteiger partial charge in [-0.25, -0.2) is 19.2 Å². The predicted molar refractivity (Wildman–Crippen MR) is 121 cm³/mol. The fourth-order valence-electron chi connectivity index (χ4n) is 4.64. The van der Waals surface area contributed by atoms with Gasteiger partial charge in [0.1, 0.15) is 23.1 Å². The summed E-state index contributed by atoms with van der Waals surface area (Å²) in [7, 11) is 0. The maximum atomic E-state index is 14.7. The lowest BCUT2D eigenvalue weighted by molar-refractivity contribution is -0.140. The fourth-order valence-corrected chi connectivity index (χ4v) is 4.64. The summed E-state index contributed by atoms with van der Waals surface area (Å²) in [6.07, 6.45) is -4.57. The molecule has 2 aliphatic rings. The highest BCUT2D eigenvalue weighted by molar-refractivity contribution is 5.69. The molecule has 190 valence electrons. The summed E-state index contributed by atoms with van der Waals surface area (Å²) in [6, 6.07) is 2.46. The van der Waals surface area contributed by atoms with E-state index in [1.54, 1.807) is 18.7 Å². The van der Waals surface area contributed by atoms with Gasteiger partial charge in [0.15, 0.2) is 0 Å². The summed E-state index contributed by atoms with van der Waals surface area (Å²) in [5, 5.41) is 6.54. The third kappa shape index (κ3) is 4.91. The van der Waals surface area contributed by atoms with E-state index in [2.05, 4.69) is 20.6 Å². The van der Waals surface area contributed by atoms with Gasteiger partial charge in [-0.3, -0.25) is 0 Å². The van der Waals surface area contributed by atoms with Crippen LogP contribution in [0.15, 0.2) is 18.2 Å². The maximum absolute atomic E-state index is 14.7. The topological polar surface area (TPSA) is 79.4 Å². The van der Waals surface area contributed by atoms with E-state index in [9.17, 15) is 22.4 Å². The van der Waals surface area contributed by atoms with E-state index in [-0.39, 0.29) is 5.56 Å². The van der Waals surface area contributed by atoms with Gasteiger partial charge in [0.05, 0.1) is 22.8 Å². The number of hydrogen-bond donors (Lipinski definition) is 2. The van der Waals surface area contributed by atoms with Crippen LogP contribution in [0.1, 0.15) is 68.4 Å². The van der Waals surface area contributed by atoms with Gasteiger partial charge < -0.3 is 20.3 Å². The van der Waals surface area contributed by atoms with Gasteiger partial charge in [0, 0.05) is 30.8 Å². The van der Waals surface area contributed by atoms with Crippen LogP contribution >= 0.6 is 0 Å². The molecule has 1 aromatic carbocycles. The molecule has 1 spiro atoms. The molecule has 0 saturated carbocycles. The zero-order valence-electron chi connectivity index (χ0n) is 20.3. The minimum Gasteiger partial charge on any atom is -0.444 e. The highest BCUT2D eigenvalue weighted by Crippen LogP contribution is 2.41. The van der Waals surface area contributed by atoms with Gasteiger partial charge in [0.25, 0.3) is 0 Å². The Labute approximate surface area is 201 Å². The molecule has 0 bridgehead atoms. The number of aryl methyl sites for hydroxylation is 1. The quantitative estimate of drug-likeness (QED) is 0.580. The summed E-state index contributed by atoms with van der Waals surface area (Å²) < 4.78 is 59.7. The lowest BCUT2D eigenvalue weighted by Crippen LogP contribution is -2.43. The normalized spacial score (nSPS) is 20.8. The Morgan fingerprint density at radius 1 is 1.26 bits per heavy atom. The molecule has 0 radical (unpaired) electrons. The summed E-state index contributed by atoms with van der Waals surface area (Å²) in [4.78, 5) is 23.3. The molecule has 1 unspecified atom stereocenters. The monoisotopic (exact) mass is 495 g/mol. The van der Waals surface area contributed by atoms with Crippen molar-refractivity contribution in [2.75, 3.05) is 18.4 Å². The first kappa shape index (κ1) is 25.2. The molecule has 35 heavy (non-hydrogen) atoms. The average Bonchev–Trinajstić information content (AvgIpc) is 3.31. The molecule has 2 aliphatic heterocycles. The molecule has 4 rings (SSSR count). The van der Waals surface area contributed by atoms with Crippen LogP contribution in [0.2, 0.25) is 0 Å². The lowest BCUT2D eigenvalue weighted by Gasteiger charge is -2.27. The van der Waals surface area contributed by atoms with Crippen LogP contribution in [0.25, 0.3) is 0 Å². The molecular formula is C24H29F4N5O2. The second-order valence-corrected chi connectivity index (χ2v) is 10.1. The fraction of sp³-hybridized carbons (Fsp3) is 0.542. The number of rotatable bonds is 3. The number of benzene rings is 1. The maximum Gasteiger partial charge on any atom is 0.419 e. The predicted octanol–water partition coefficient (Wildman–Crippen LogP) is 5.06. The number of hydrogen-bond acceptors (Lipinski definition) is 6. The molecule has 2 aromatic rings. The largest absolute Gasteiger partial charge is 0.444 e. The molecule has 1 saturated heterocycles. The molecule has 2 atom stereocenters. The van der Waals surface area contributed by atoms with E-state index >= 15 is 0 Å². The van der Waals surface area contributed by atoms with Crippen LogP contribution in [0, 0.1) is 12.7 Å². The van der Waals surface area contributed by atoms with E-state index in [1.807, 2.05) is 20.8 Å². The van der Waals surface area contributed by atoms with Crippen molar-refractivity contribution >= 4 is 11.9 Å². The zero-order chi connectivity index (χ0) is 25.8. The first-order valence-electron chi connectivity index (χ1n) is 11.4. The zero-order valence-corrected chi connectivity index (χ0v) is 20.3. The van der Waals surface area contributed by atoms with Crippen LogP contribution in [0.5, 0.6) is 0 Å². The van der Waals surface area contributed by atoms with E-state index in [0.29, 0.717) is 37.7 Å². The molecule has 0 aliphatic carbocycles. The van der Waals surface area contributed by atoms with Crippen molar-refractivity contribution in [3.05, 3.63) is 52.2 Å². The number of ether oxygens (including phenoxy) is 1. The van der Waals surface area contributed by atoms with Crippen LogP contribution in [0.3, 0.4) is 0 Å². The van der Waals surface area contributed by atoms with Crippen molar-refractivity contribution < 1.29 is 27.1 Å². The minimum absolute atomic E-state index is 0.109. The van der Waals surface area contributed by atoms with Crippen LogP contribution < -0.4 is 10.6 Å². The van der Waals surface area contributed by atoms with Gasteiger partial charge in [-0.1, -0.05) is 12.1 Å². The van der Waals surface area contributed by atoms with Gasteiger partial charge in [-0.2, -0.15) is 13.2 Å². The number of nitrogens with zero attached hydrogens (tertiary/aromatic N) is 3. The van der Waals surface area contributed by atoms with Gasteiger partial charge in [-0.15, -0.1) is 0 Å². The highest BCUT2D eigenvalue weighted by atomic mass is 19.4. The van der Waals surface area contributed by atoms with Crippen molar-refractivity contribution in [2.45, 2.75) is 70.9 Å². The SMILES string of the molecule is Cc1nc(N[C@H](C)c2cccc(C(F)(F)F)c2F)c2c(n1)C1(CCN(C(=O)OC(C)(C)C)C1)NC2. The Hall–Kier alpha value is -2.95. The Bertz CT molecular complexity index is 1150. The summed E-state index contributed by atoms with van der Waals surface area (Å²) in [6.45, 7) is 9.97. The molecule has 1 amide bonds. The Morgan fingerprint density at radius 3 is 2.63 bits per heavy atom. The number of amides is 1. The van der Waals surface area contributed by atoms with Gasteiger partial charge in [-0.05, 0) is 47.1 Å². The van der Waals surface area contributed by atoms with E-state index in [0.717, 1.165) is 17.3 Å². The van der Waals surface area contributed by atoms with Gasteiger partial charge >= 0.3 is 12.3 Å². The molecule has 3 heterocycles. The first-order chi connectivity index (χ1) is 16.2. The number of alkyl halides is 3. The second-order valence-electron chi connectivity index (χ2n) is 10.1. The number of likely N-dealkylation sites (tertiary alicyclic amines) is 1. The number of anilines is 1. The van der Waals surface area contributed by atoms with Crippen molar-refractivity contribution in [3.8, 4) is 0 Å². The van der Waals surface area contributed by atoms with E-state index in [1.165, 1.54) is 12.1 Å². The van der Waals surface area contributed by atoms with Crippen LogP contribution in [-0.2, 0) is 23.0 Å². The average molecular weight is 496 g/mol. The minimum atomic E-state index is -4.79. The number of nitrogens with one attached hydrogen (secondary N) is 2. The summed E-state index contributed by atoms with van der Waals surface area (Å²) in [5.74, 6) is -0.417. The van der Waals surface area contributed by atoms with E-state index in [4.69, 9.17) is 4.74 Å². The van der Waals surface area contributed by atoms with Crippen molar-refractivity contribution in [1.82, 2.24) is 20.2 Å². The van der Waals surface area contributed by atoms with Crippen molar-refractivity contribution in [3.63, 3.8) is 0 Å².